The summed E-state index contributed by atoms with van der Waals surface area (Å²) < 4.78 is 0. The van der Waals surface area contributed by atoms with Crippen LogP contribution in [0.5, 0.6) is 0 Å². The highest BCUT2D eigenvalue weighted by atomic mass is 35.5. The van der Waals surface area contributed by atoms with Crippen LogP contribution in [-0.2, 0) is 6.42 Å². The maximum Gasteiger partial charge on any atom is 0.0440 e. The van der Waals surface area contributed by atoms with Gasteiger partial charge in [0.15, 0.2) is 0 Å². The van der Waals surface area contributed by atoms with Crippen molar-refractivity contribution in [1.82, 2.24) is 5.32 Å². The van der Waals surface area contributed by atoms with Crippen molar-refractivity contribution < 1.29 is 0 Å². The van der Waals surface area contributed by atoms with Crippen molar-refractivity contribution >= 4 is 11.6 Å². The predicted molar refractivity (Wildman–Crippen MR) is 74.7 cm³/mol. The van der Waals surface area contributed by atoms with Crippen molar-refractivity contribution in [3.63, 3.8) is 0 Å². The lowest BCUT2D eigenvalue weighted by molar-refractivity contribution is 0.273. The second-order valence-corrected chi connectivity index (χ2v) is 5.65. The molecule has 17 heavy (non-hydrogen) atoms. The molecule has 0 aliphatic heterocycles. The minimum absolute atomic E-state index is 0.668. The molecule has 0 bridgehead atoms. The fraction of sp³-hybridized carbons (Fsp3) is 0.600. The van der Waals surface area contributed by atoms with Gasteiger partial charge in [0.1, 0.15) is 0 Å². The van der Waals surface area contributed by atoms with Gasteiger partial charge < -0.3 is 5.32 Å². The van der Waals surface area contributed by atoms with E-state index in [-0.39, 0.29) is 0 Å². The molecular weight excluding hydrogens is 230 g/mol. The summed E-state index contributed by atoms with van der Waals surface area (Å²) in [7, 11) is 2.08. The van der Waals surface area contributed by atoms with Crippen molar-refractivity contribution in [2.45, 2.75) is 45.1 Å². The third-order valence-electron chi connectivity index (χ3n) is 3.97. The molecule has 1 aliphatic carbocycles. The van der Waals surface area contributed by atoms with Gasteiger partial charge in [-0.3, -0.25) is 0 Å². The van der Waals surface area contributed by atoms with Gasteiger partial charge in [0.2, 0.25) is 0 Å². The van der Waals surface area contributed by atoms with Crippen molar-refractivity contribution in [3.05, 3.63) is 34.3 Å². The first-order valence-corrected chi connectivity index (χ1v) is 7.01. The molecule has 1 aromatic rings. The number of hydrogen-bond donors (Lipinski definition) is 1. The first-order chi connectivity index (χ1) is 8.20. The maximum absolute atomic E-state index is 6.32. The van der Waals surface area contributed by atoms with Crippen molar-refractivity contribution in [1.29, 1.82) is 0 Å². The van der Waals surface area contributed by atoms with Gasteiger partial charge in [-0.2, -0.15) is 0 Å². The molecule has 1 nitrogen and oxygen atoms in total. The first-order valence-electron chi connectivity index (χ1n) is 6.63. The van der Waals surface area contributed by atoms with E-state index >= 15 is 0 Å². The lowest BCUT2D eigenvalue weighted by Gasteiger charge is -2.31. The Morgan fingerprint density at radius 3 is 2.76 bits per heavy atom. The normalized spacial score (nSPS) is 24.9. The van der Waals surface area contributed by atoms with Crippen LogP contribution in [0.25, 0.3) is 0 Å². The minimum Gasteiger partial charge on any atom is -0.317 e. The average molecular weight is 252 g/mol. The van der Waals surface area contributed by atoms with Gasteiger partial charge >= 0.3 is 0 Å². The molecule has 1 fully saturated rings. The highest BCUT2D eigenvalue weighted by molar-refractivity contribution is 6.31. The molecule has 1 aliphatic rings. The van der Waals surface area contributed by atoms with Gasteiger partial charge in [0, 0.05) is 11.1 Å². The molecule has 1 saturated carbocycles. The first kappa shape index (κ1) is 12.9. The zero-order chi connectivity index (χ0) is 12.3. The minimum atomic E-state index is 0.668. The number of nitrogens with one attached hydrogen (secondary N) is 1. The highest BCUT2D eigenvalue weighted by Crippen LogP contribution is 2.29. The monoisotopic (exact) mass is 251 g/mol. The van der Waals surface area contributed by atoms with Crippen LogP contribution in [0.2, 0.25) is 5.02 Å². The molecule has 0 saturated heterocycles. The average Bonchev–Trinajstić information content (AvgIpc) is 2.33. The lowest BCUT2D eigenvalue weighted by atomic mass is 9.81. The molecule has 94 valence electrons. The summed E-state index contributed by atoms with van der Waals surface area (Å²) in [6.45, 7) is 2.09. The van der Waals surface area contributed by atoms with E-state index in [2.05, 4.69) is 37.5 Å². The lowest BCUT2D eigenvalue weighted by Crippen LogP contribution is -2.37. The SMILES string of the molecule is CNC1CCCCC1Cc1ccc(C)cc1Cl. The van der Waals surface area contributed by atoms with Crippen molar-refractivity contribution in [2.75, 3.05) is 7.05 Å². The van der Waals surface area contributed by atoms with E-state index in [9.17, 15) is 0 Å². The van der Waals surface area contributed by atoms with Gasteiger partial charge in [0.25, 0.3) is 0 Å². The Bertz CT molecular complexity index is 375. The summed E-state index contributed by atoms with van der Waals surface area (Å²) in [5.41, 5.74) is 2.55. The summed E-state index contributed by atoms with van der Waals surface area (Å²) in [5.74, 6) is 0.744. The number of halogens is 1. The standard InChI is InChI=1S/C15H22ClN/c1-11-7-8-12(14(16)9-11)10-13-5-3-4-6-15(13)17-2/h7-9,13,15,17H,3-6,10H2,1-2H3. The number of benzene rings is 1. The molecule has 1 aromatic carbocycles. The van der Waals surface area contributed by atoms with E-state index in [1.807, 2.05) is 0 Å². The van der Waals surface area contributed by atoms with Crippen molar-refractivity contribution in [3.8, 4) is 0 Å². The fourth-order valence-corrected chi connectivity index (χ4v) is 3.24. The maximum atomic E-state index is 6.32. The molecule has 0 heterocycles. The van der Waals surface area contributed by atoms with Crippen LogP contribution < -0.4 is 5.32 Å². The smallest absolute Gasteiger partial charge is 0.0440 e. The van der Waals surface area contributed by atoms with Gasteiger partial charge in [0.05, 0.1) is 0 Å². The van der Waals surface area contributed by atoms with E-state index in [0.29, 0.717) is 6.04 Å². The van der Waals surface area contributed by atoms with E-state index in [4.69, 9.17) is 11.6 Å². The molecular formula is C15H22ClN. The van der Waals surface area contributed by atoms with E-state index in [1.54, 1.807) is 0 Å². The number of aryl methyl sites for hydroxylation is 1. The summed E-state index contributed by atoms with van der Waals surface area (Å²) >= 11 is 6.32. The summed E-state index contributed by atoms with van der Waals surface area (Å²) in [4.78, 5) is 0. The van der Waals surface area contributed by atoms with Crippen molar-refractivity contribution in [2.24, 2.45) is 5.92 Å². The highest BCUT2D eigenvalue weighted by Gasteiger charge is 2.24. The van der Waals surface area contributed by atoms with Gasteiger partial charge in [-0.05, 0) is 56.3 Å². The third-order valence-corrected chi connectivity index (χ3v) is 4.32. The van der Waals surface area contributed by atoms with E-state index < -0.39 is 0 Å². The molecule has 0 radical (unpaired) electrons. The molecule has 2 atom stereocenters. The molecule has 2 rings (SSSR count). The topological polar surface area (TPSA) is 12.0 Å². The largest absolute Gasteiger partial charge is 0.317 e. The Kier molecular flexibility index (Phi) is 4.47. The molecule has 2 unspecified atom stereocenters. The number of rotatable bonds is 3. The summed E-state index contributed by atoms with van der Waals surface area (Å²) in [6.07, 6.45) is 6.49. The Balaban J connectivity index is 2.08. The van der Waals surface area contributed by atoms with Crippen LogP contribution in [0.3, 0.4) is 0 Å². The Hall–Kier alpha value is -0.530. The van der Waals surface area contributed by atoms with E-state index in [1.165, 1.54) is 36.8 Å². The quantitative estimate of drug-likeness (QED) is 0.857. The second kappa shape index (κ2) is 5.88. The van der Waals surface area contributed by atoms with Crippen LogP contribution in [0.15, 0.2) is 18.2 Å². The second-order valence-electron chi connectivity index (χ2n) is 5.24. The molecule has 2 heteroatoms. The van der Waals surface area contributed by atoms with Crippen LogP contribution in [0.4, 0.5) is 0 Å². The number of hydrogen-bond acceptors (Lipinski definition) is 1. The molecule has 0 amide bonds. The van der Waals surface area contributed by atoms with Crippen LogP contribution in [0.1, 0.15) is 36.8 Å². The molecule has 0 spiro atoms. The third kappa shape index (κ3) is 3.23. The Morgan fingerprint density at radius 1 is 1.29 bits per heavy atom. The van der Waals surface area contributed by atoms with Gasteiger partial charge in [-0.25, -0.2) is 0 Å². The van der Waals surface area contributed by atoms with Crippen LogP contribution >= 0.6 is 11.6 Å². The summed E-state index contributed by atoms with van der Waals surface area (Å²) in [5, 5.41) is 4.40. The van der Waals surface area contributed by atoms with Crippen LogP contribution in [0, 0.1) is 12.8 Å². The predicted octanol–water partition coefficient (Wildman–Crippen LogP) is 3.97. The fourth-order valence-electron chi connectivity index (χ4n) is 2.93. The van der Waals surface area contributed by atoms with Crippen LogP contribution in [-0.4, -0.2) is 13.1 Å². The van der Waals surface area contributed by atoms with Gasteiger partial charge in [-0.1, -0.05) is 36.6 Å². The Labute approximate surface area is 110 Å². The summed E-state index contributed by atoms with van der Waals surface area (Å²) in [6, 6.07) is 7.10. The van der Waals surface area contributed by atoms with Gasteiger partial charge in [-0.15, -0.1) is 0 Å². The zero-order valence-corrected chi connectivity index (χ0v) is 11.6. The zero-order valence-electron chi connectivity index (χ0n) is 10.8. The Morgan fingerprint density at radius 2 is 2.06 bits per heavy atom. The molecule has 1 N–H and O–H groups in total. The molecule has 0 aromatic heterocycles. The van der Waals surface area contributed by atoms with E-state index in [0.717, 1.165) is 17.4 Å².